The number of rotatable bonds is 5. The van der Waals surface area contributed by atoms with Crippen LogP contribution < -0.4 is 5.32 Å². The Hall–Kier alpha value is -2.04. The maximum atomic E-state index is 11.8. The van der Waals surface area contributed by atoms with Gasteiger partial charge in [0.2, 0.25) is 0 Å². The fourth-order valence-corrected chi connectivity index (χ4v) is 1.64. The Morgan fingerprint density at radius 1 is 1.19 bits per heavy atom. The number of ether oxygens (including phenoxy) is 1. The summed E-state index contributed by atoms with van der Waals surface area (Å²) < 4.78 is 5.25. The van der Waals surface area contributed by atoms with Gasteiger partial charge in [-0.25, -0.2) is 4.79 Å². The van der Waals surface area contributed by atoms with Crippen LogP contribution in [0.15, 0.2) is 30.3 Å². The molecule has 0 aliphatic carbocycles. The van der Waals surface area contributed by atoms with Gasteiger partial charge in [-0.05, 0) is 39.3 Å². The highest BCUT2D eigenvalue weighted by Crippen LogP contribution is 2.09. The van der Waals surface area contributed by atoms with E-state index < -0.39 is 5.60 Å². The van der Waals surface area contributed by atoms with E-state index in [2.05, 4.69) is 5.32 Å². The van der Waals surface area contributed by atoms with Crippen molar-refractivity contribution >= 4 is 12.0 Å². The molecule has 0 heterocycles. The van der Waals surface area contributed by atoms with Crippen molar-refractivity contribution in [3.05, 3.63) is 35.9 Å². The molecule has 5 nitrogen and oxygen atoms in total. The summed E-state index contributed by atoms with van der Waals surface area (Å²) in [5, 5.41) is 2.82. The van der Waals surface area contributed by atoms with E-state index in [1.165, 1.54) is 4.90 Å². The van der Waals surface area contributed by atoms with Crippen molar-refractivity contribution in [3.8, 4) is 0 Å². The number of nitrogens with one attached hydrogen (secondary N) is 1. The molecular weight excluding hydrogens is 268 g/mol. The lowest BCUT2D eigenvalue weighted by Gasteiger charge is -2.24. The SMILES string of the molecule is CN(CCCNC(=O)c1ccccc1)C(=O)OC(C)(C)C. The van der Waals surface area contributed by atoms with Gasteiger partial charge in [-0.3, -0.25) is 4.79 Å². The average molecular weight is 292 g/mol. The summed E-state index contributed by atoms with van der Waals surface area (Å²) in [6.45, 7) is 6.54. The average Bonchev–Trinajstić information content (AvgIpc) is 2.42. The first-order valence-electron chi connectivity index (χ1n) is 7.07. The molecule has 0 aliphatic rings. The van der Waals surface area contributed by atoms with E-state index in [0.717, 1.165) is 0 Å². The Morgan fingerprint density at radius 3 is 2.38 bits per heavy atom. The van der Waals surface area contributed by atoms with Crippen molar-refractivity contribution in [3.63, 3.8) is 0 Å². The lowest BCUT2D eigenvalue weighted by molar-refractivity contribution is 0.0297. The molecule has 1 rings (SSSR count). The van der Waals surface area contributed by atoms with E-state index in [0.29, 0.717) is 25.1 Å². The van der Waals surface area contributed by atoms with Gasteiger partial charge in [-0.2, -0.15) is 0 Å². The smallest absolute Gasteiger partial charge is 0.410 e. The van der Waals surface area contributed by atoms with Crippen LogP contribution in [0.5, 0.6) is 0 Å². The molecule has 1 aromatic rings. The van der Waals surface area contributed by atoms with E-state index >= 15 is 0 Å². The van der Waals surface area contributed by atoms with Crippen LogP contribution >= 0.6 is 0 Å². The molecule has 0 atom stereocenters. The minimum Gasteiger partial charge on any atom is -0.444 e. The van der Waals surface area contributed by atoms with Gasteiger partial charge < -0.3 is 15.0 Å². The second-order valence-corrected chi connectivity index (χ2v) is 5.88. The summed E-state index contributed by atoms with van der Waals surface area (Å²) in [7, 11) is 1.69. The maximum absolute atomic E-state index is 11.8. The molecule has 0 radical (unpaired) electrons. The Bertz CT molecular complexity index is 466. The minimum atomic E-state index is -0.493. The number of amides is 2. The first-order valence-corrected chi connectivity index (χ1v) is 7.07. The predicted molar refractivity (Wildman–Crippen MR) is 82.3 cm³/mol. The Labute approximate surface area is 126 Å². The van der Waals surface area contributed by atoms with Gasteiger partial charge in [-0.15, -0.1) is 0 Å². The van der Waals surface area contributed by atoms with Crippen LogP contribution in [0.3, 0.4) is 0 Å². The zero-order valence-electron chi connectivity index (χ0n) is 13.2. The van der Waals surface area contributed by atoms with Crippen molar-refractivity contribution < 1.29 is 14.3 Å². The van der Waals surface area contributed by atoms with E-state index in [9.17, 15) is 9.59 Å². The topological polar surface area (TPSA) is 58.6 Å². The predicted octanol–water partition coefficient (Wildman–Crippen LogP) is 2.67. The van der Waals surface area contributed by atoms with Crippen molar-refractivity contribution in [1.82, 2.24) is 10.2 Å². The highest BCUT2D eigenvalue weighted by atomic mass is 16.6. The second kappa shape index (κ2) is 7.67. The first-order chi connectivity index (χ1) is 9.79. The van der Waals surface area contributed by atoms with Crippen LogP contribution in [0.1, 0.15) is 37.6 Å². The van der Waals surface area contributed by atoms with Gasteiger partial charge in [0.25, 0.3) is 5.91 Å². The molecule has 0 aliphatic heterocycles. The van der Waals surface area contributed by atoms with Gasteiger partial charge in [0, 0.05) is 25.7 Å². The highest BCUT2D eigenvalue weighted by molar-refractivity contribution is 5.94. The van der Waals surface area contributed by atoms with Crippen LogP contribution in [0.25, 0.3) is 0 Å². The molecule has 0 saturated heterocycles. The minimum absolute atomic E-state index is 0.101. The van der Waals surface area contributed by atoms with Crippen LogP contribution in [-0.2, 0) is 4.74 Å². The molecular formula is C16H24N2O3. The fraction of sp³-hybridized carbons (Fsp3) is 0.500. The number of hydrogen-bond acceptors (Lipinski definition) is 3. The molecule has 2 amide bonds. The summed E-state index contributed by atoms with van der Waals surface area (Å²) >= 11 is 0. The Morgan fingerprint density at radius 2 is 1.81 bits per heavy atom. The molecule has 0 saturated carbocycles. The Balaban J connectivity index is 2.25. The van der Waals surface area contributed by atoms with Crippen LogP contribution in [-0.4, -0.2) is 42.6 Å². The number of carbonyl (C=O) groups is 2. The van der Waals surface area contributed by atoms with Crippen molar-refractivity contribution in [2.45, 2.75) is 32.8 Å². The monoisotopic (exact) mass is 292 g/mol. The lowest BCUT2D eigenvalue weighted by atomic mass is 10.2. The fourth-order valence-electron chi connectivity index (χ4n) is 1.64. The standard InChI is InChI=1S/C16H24N2O3/c1-16(2,3)21-15(20)18(4)12-8-11-17-14(19)13-9-6-5-7-10-13/h5-7,9-10H,8,11-12H2,1-4H3,(H,17,19). The number of hydrogen-bond donors (Lipinski definition) is 1. The summed E-state index contributed by atoms with van der Waals surface area (Å²) in [5.74, 6) is -0.101. The molecule has 0 aromatic heterocycles. The van der Waals surface area contributed by atoms with Crippen LogP contribution in [0, 0.1) is 0 Å². The zero-order chi connectivity index (χ0) is 15.9. The summed E-state index contributed by atoms with van der Waals surface area (Å²) in [5.41, 5.74) is 0.144. The van der Waals surface area contributed by atoms with Gasteiger partial charge >= 0.3 is 6.09 Å². The van der Waals surface area contributed by atoms with Crippen LogP contribution in [0.4, 0.5) is 4.79 Å². The molecule has 1 N–H and O–H groups in total. The third-order valence-electron chi connectivity index (χ3n) is 2.70. The van der Waals surface area contributed by atoms with Crippen LogP contribution in [0.2, 0.25) is 0 Å². The lowest BCUT2D eigenvalue weighted by Crippen LogP contribution is -2.36. The third-order valence-corrected chi connectivity index (χ3v) is 2.70. The van der Waals surface area contributed by atoms with E-state index in [1.54, 1.807) is 19.2 Å². The van der Waals surface area contributed by atoms with E-state index in [-0.39, 0.29) is 12.0 Å². The quantitative estimate of drug-likeness (QED) is 0.849. The normalized spacial score (nSPS) is 10.9. The number of carbonyl (C=O) groups excluding carboxylic acids is 2. The second-order valence-electron chi connectivity index (χ2n) is 5.88. The number of benzene rings is 1. The zero-order valence-corrected chi connectivity index (χ0v) is 13.2. The van der Waals surface area contributed by atoms with Gasteiger partial charge in [0.1, 0.15) is 5.60 Å². The van der Waals surface area contributed by atoms with E-state index in [1.807, 2.05) is 39.0 Å². The van der Waals surface area contributed by atoms with Crippen molar-refractivity contribution in [2.24, 2.45) is 0 Å². The Kier molecular flexibility index (Phi) is 6.21. The molecule has 0 unspecified atom stereocenters. The highest BCUT2D eigenvalue weighted by Gasteiger charge is 2.19. The van der Waals surface area contributed by atoms with E-state index in [4.69, 9.17) is 4.74 Å². The van der Waals surface area contributed by atoms with Crippen molar-refractivity contribution in [1.29, 1.82) is 0 Å². The molecule has 5 heteroatoms. The molecule has 0 fully saturated rings. The summed E-state index contributed by atoms with van der Waals surface area (Å²) in [4.78, 5) is 25.0. The molecule has 21 heavy (non-hydrogen) atoms. The molecule has 0 bridgehead atoms. The number of nitrogens with zero attached hydrogens (tertiary/aromatic N) is 1. The molecule has 116 valence electrons. The van der Waals surface area contributed by atoms with Gasteiger partial charge in [0.15, 0.2) is 0 Å². The molecule has 1 aromatic carbocycles. The van der Waals surface area contributed by atoms with Crippen molar-refractivity contribution in [2.75, 3.05) is 20.1 Å². The summed E-state index contributed by atoms with van der Waals surface area (Å²) in [6.07, 6.45) is 0.325. The third kappa shape index (κ3) is 6.79. The van der Waals surface area contributed by atoms with Gasteiger partial charge in [0.05, 0.1) is 0 Å². The van der Waals surface area contributed by atoms with Gasteiger partial charge in [-0.1, -0.05) is 18.2 Å². The molecule has 0 spiro atoms. The largest absolute Gasteiger partial charge is 0.444 e. The first kappa shape index (κ1) is 17.0. The maximum Gasteiger partial charge on any atom is 0.410 e. The summed E-state index contributed by atoms with van der Waals surface area (Å²) in [6, 6.07) is 9.05.